The van der Waals surface area contributed by atoms with Crippen molar-refractivity contribution in [1.82, 2.24) is 4.57 Å². The van der Waals surface area contributed by atoms with Crippen molar-refractivity contribution < 1.29 is 23.7 Å². The average molecular weight is 481 g/mol. The van der Waals surface area contributed by atoms with E-state index in [-0.39, 0.29) is 41.7 Å². The lowest BCUT2D eigenvalue weighted by Crippen LogP contribution is -2.35. The van der Waals surface area contributed by atoms with Gasteiger partial charge in [0.05, 0.1) is 25.1 Å². The third kappa shape index (κ3) is 3.56. The number of benzene rings is 2. The van der Waals surface area contributed by atoms with Gasteiger partial charge in [0.25, 0.3) is 5.56 Å². The Kier molecular flexibility index (Phi) is 5.45. The van der Waals surface area contributed by atoms with Gasteiger partial charge in [-0.3, -0.25) is 4.79 Å². The van der Waals surface area contributed by atoms with E-state index in [0.717, 1.165) is 5.56 Å². The molecule has 2 aromatic carbocycles. The fraction of sp³-hybridized carbons (Fsp3) is 0.200. The minimum atomic E-state index is -0.860. The quantitative estimate of drug-likeness (QED) is 0.570. The van der Waals surface area contributed by atoms with Crippen LogP contribution in [0.2, 0.25) is 5.02 Å². The van der Waals surface area contributed by atoms with E-state index in [1.54, 1.807) is 41.8 Å². The molecular weight excluding hydrogens is 460 g/mol. The van der Waals surface area contributed by atoms with Crippen molar-refractivity contribution in [2.24, 2.45) is 5.73 Å². The Morgan fingerprint density at radius 2 is 1.91 bits per heavy atom. The SMILES string of the molecule is COC(=O)C1=C(N)Oc2cc(C)n(Cc3ccc4c(c3)OCO4)c(=O)c2[C@@H]1c1ccccc1Cl. The monoisotopic (exact) mass is 480 g/mol. The Bertz CT molecular complexity index is 1410. The van der Waals surface area contributed by atoms with E-state index in [1.807, 2.05) is 18.2 Å². The first-order chi connectivity index (χ1) is 16.4. The molecule has 3 heterocycles. The summed E-state index contributed by atoms with van der Waals surface area (Å²) in [7, 11) is 1.24. The number of nitrogens with two attached hydrogens (primary N) is 1. The van der Waals surface area contributed by atoms with Gasteiger partial charge in [0, 0.05) is 16.8 Å². The van der Waals surface area contributed by atoms with E-state index in [0.29, 0.717) is 27.8 Å². The Morgan fingerprint density at radius 1 is 1.15 bits per heavy atom. The third-order valence-electron chi connectivity index (χ3n) is 5.97. The first-order valence-electron chi connectivity index (χ1n) is 10.5. The second-order valence-corrected chi connectivity index (χ2v) is 8.38. The number of carbonyl (C=O) groups excluding carboxylic acids is 1. The van der Waals surface area contributed by atoms with Crippen LogP contribution in [-0.2, 0) is 16.1 Å². The molecule has 0 saturated carbocycles. The van der Waals surface area contributed by atoms with Gasteiger partial charge in [-0.1, -0.05) is 35.9 Å². The summed E-state index contributed by atoms with van der Waals surface area (Å²) in [6, 6.07) is 14.2. The maximum atomic E-state index is 13.9. The average Bonchev–Trinajstić information content (AvgIpc) is 3.29. The van der Waals surface area contributed by atoms with Crippen molar-refractivity contribution in [2.45, 2.75) is 19.4 Å². The lowest BCUT2D eigenvalue weighted by Gasteiger charge is -2.29. The van der Waals surface area contributed by atoms with Crippen molar-refractivity contribution >= 4 is 17.6 Å². The fourth-order valence-electron chi connectivity index (χ4n) is 4.33. The molecular formula is C25H21ClN2O6. The highest BCUT2D eigenvalue weighted by Gasteiger charge is 2.39. The zero-order valence-electron chi connectivity index (χ0n) is 18.5. The highest BCUT2D eigenvalue weighted by Crippen LogP contribution is 2.43. The first-order valence-corrected chi connectivity index (χ1v) is 10.9. The van der Waals surface area contributed by atoms with Crippen LogP contribution < -0.4 is 25.5 Å². The summed E-state index contributed by atoms with van der Waals surface area (Å²) in [4.78, 5) is 26.6. The molecule has 2 N–H and O–H groups in total. The van der Waals surface area contributed by atoms with Crippen molar-refractivity contribution in [3.8, 4) is 17.2 Å². The molecule has 0 fully saturated rings. The molecule has 9 heteroatoms. The van der Waals surface area contributed by atoms with Gasteiger partial charge in [-0.15, -0.1) is 0 Å². The summed E-state index contributed by atoms with van der Waals surface area (Å²) in [6.45, 7) is 2.24. The highest BCUT2D eigenvalue weighted by atomic mass is 35.5. The summed E-state index contributed by atoms with van der Waals surface area (Å²) >= 11 is 6.50. The van der Waals surface area contributed by atoms with Crippen LogP contribution in [0.15, 0.2) is 64.8 Å². The van der Waals surface area contributed by atoms with Gasteiger partial charge in [-0.25, -0.2) is 4.79 Å². The van der Waals surface area contributed by atoms with E-state index in [1.165, 1.54) is 7.11 Å². The Hall–Kier alpha value is -3.91. The maximum absolute atomic E-state index is 13.9. The Morgan fingerprint density at radius 3 is 2.68 bits per heavy atom. The predicted molar refractivity (Wildman–Crippen MR) is 124 cm³/mol. The molecule has 0 radical (unpaired) electrons. The lowest BCUT2D eigenvalue weighted by atomic mass is 9.83. The number of aryl methyl sites for hydroxylation is 1. The Labute approximate surface area is 200 Å². The van der Waals surface area contributed by atoms with Gasteiger partial charge in [0.1, 0.15) is 11.3 Å². The normalized spacial score (nSPS) is 16.1. The van der Waals surface area contributed by atoms with Gasteiger partial charge in [0.2, 0.25) is 12.7 Å². The van der Waals surface area contributed by atoms with Crippen LogP contribution in [0, 0.1) is 6.92 Å². The third-order valence-corrected chi connectivity index (χ3v) is 6.31. The molecule has 0 unspecified atom stereocenters. The molecule has 174 valence electrons. The van der Waals surface area contributed by atoms with Gasteiger partial charge < -0.3 is 29.2 Å². The molecule has 0 aliphatic carbocycles. The number of carbonyl (C=O) groups is 1. The number of methoxy groups -OCH3 is 1. The molecule has 0 bridgehead atoms. The van der Waals surface area contributed by atoms with Crippen molar-refractivity contribution in [2.75, 3.05) is 13.9 Å². The molecule has 5 rings (SSSR count). The van der Waals surface area contributed by atoms with Crippen LogP contribution >= 0.6 is 11.6 Å². The number of fused-ring (bicyclic) bond motifs is 2. The van der Waals surface area contributed by atoms with Crippen LogP contribution in [0.4, 0.5) is 0 Å². The van der Waals surface area contributed by atoms with Gasteiger partial charge >= 0.3 is 5.97 Å². The minimum Gasteiger partial charge on any atom is -0.465 e. The molecule has 1 aromatic heterocycles. The van der Waals surface area contributed by atoms with Gasteiger partial charge in [-0.2, -0.15) is 0 Å². The van der Waals surface area contributed by atoms with E-state index >= 15 is 0 Å². The van der Waals surface area contributed by atoms with Crippen molar-refractivity contribution in [3.63, 3.8) is 0 Å². The number of hydrogen-bond donors (Lipinski definition) is 1. The molecule has 34 heavy (non-hydrogen) atoms. The molecule has 8 nitrogen and oxygen atoms in total. The molecule has 0 amide bonds. The number of pyridine rings is 1. The van der Waals surface area contributed by atoms with Gasteiger partial charge in [-0.05, 0) is 36.2 Å². The van der Waals surface area contributed by atoms with E-state index in [4.69, 9.17) is 36.3 Å². The molecule has 2 aliphatic rings. The first kappa shape index (κ1) is 21.9. The molecule has 0 saturated heterocycles. The van der Waals surface area contributed by atoms with E-state index in [2.05, 4.69) is 0 Å². The maximum Gasteiger partial charge on any atom is 0.340 e. The topological polar surface area (TPSA) is 102 Å². The van der Waals surface area contributed by atoms with Crippen LogP contribution in [0.25, 0.3) is 0 Å². The Balaban J connectivity index is 1.68. The number of rotatable bonds is 4. The summed E-state index contributed by atoms with van der Waals surface area (Å²) < 4.78 is 23.2. The van der Waals surface area contributed by atoms with Crippen LogP contribution in [0.3, 0.4) is 0 Å². The smallest absolute Gasteiger partial charge is 0.340 e. The summed E-state index contributed by atoms with van der Waals surface area (Å²) in [5, 5.41) is 0.386. The largest absolute Gasteiger partial charge is 0.465 e. The minimum absolute atomic E-state index is 0.0266. The van der Waals surface area contributed by atoms with Crippen LogP contribution in [-0.4, -0.2) is 24.4 Å². The number of hydrogen-bond acceptors (Lipinski definition) is 7. The molecule has 1 atom stereocenters. The standard InChI is InChI=1S/C25H21ClN2O6/c1-13-9-19-21(24(29)28(13)11-14-7-8-17-18(10-14)33-12-32-17)20(15-5-3-4-6-16(15)26)22(23(27)34-19)25(30)31-2/h3-10,20H,11-12,27H2,1-2H3/t20-/m0/s1. The number of esters is 1. The zero-order chi connectivity index (χ0) is 24.0. The van der Waals surface area contributed by atoms with Gasteiger partial charge in [0.15, 0.2) is 11.5 Å². The number of nitrogens with zero attached hydrogens (tertiary/aromatic N) is 1. The van der Waals surface area contributed by atoms with Crippen LogP contribution in [0.1, 0.15) is 28.3 Å². The summed E-state index contributed by atoms with van der Waals surface area (Å²) in [5.74, 6) is -0.122. The second-order valence-electron chi connectivity index (χ2n) is 7.97. The van der Waals surface area contributed by atoms with Crippen molar-refractivity contribution in [3.05, 3.63) is 97.7 Å². The molecule has 0 spiro atoms. The van der Waals surface area contributed by atoms with Crippen molar-refractivity contribution in [1.29, 1.82) is 0 Å². The lowest BCUT2D eigenvalue weighted by molar-refractivity contribution is -0.136. The summed E-state index contributed by atoms with van der Waals surface area (Å²) in [5.41, 5.74) is 8.16. The number of aromatic nitrogens is 1. The fourth-order valence-corrected chi connectivity index (χ4v) is 4.58. The summed E-state index contributed by atoms with van der Waals surface area (Å²) in [6.07, 6.45) is 0. The predicted octanol–water partition coefficient (Wildman–Crippen LogP) is 3.45. The number of halogens is 1. The highest BCUT2D eigenvalue weighted by molar-refractivity contribution is 6.31. The zero-order valence-corrected chi connectivity index (χ0v) is 19.2. The van der Waals surface area contributed by atoms with Crippen LogP contribution in [0.5, 0.6) is 17.2 Å². The number of ether oxygens (including phenoxy) is 4. The molecule has 2 aliphatic heterocycles. The second kappa shape index (κ2) is 8.46. The van der Waals surface area contributed by atoms with E-state index in [9.17, 15) is 9.59 Å². The van der Waals surface area contributed by atoms with E-state index < -0.39 is 11.9 Å². The molecule has 3 aromatic rings.